The molecule has 0 radical (unpaired) electrons. The Morgan fingerprint density at radius 2 is 2.00 bits per heavy atom. The molecular weight excluding hydrogens is 238 g/mol. The second-order valence-electron chi connectivity index (χ2n) is 6.03. The first-order valence-electron chi connectivity index (χ1n) is 7.73. The fraction of sp³-hybridized carbons (Fsp3) is 0.933. The van der Waals surface area contributed by atoms with Gasteiger partial charge in [-0.15, -0.1) is 0 Å². The quantitative estimate of drug-likeness (QED) is 0.713. The van der Waals surface area contributed by atoms with Crippen molar-refractivity contribution in [2.75, 3.05) is 39.8 Å². The molecule has 19 heavy (non-hydrogen) atoms. The Morgan fingerprint density at radius 1 is 1.37 bits per heavy atom. The van der Waals surface area contributed by atoms with Crippen LogP contribution in [0.5, 0.6) is 0 Å². The average molecular weight is 269 g/mol. The molecule has 1 saturated heterocycles. The number of rotatable bonds is 7. The van der Waals surface area contributed by atoms with E-state index in [9.17, 15) is 4.79 Å². The lowest BCUT2D eigenvalue weighted by Crippen LogP contribution is -2.45. The number of piperidine rings is 1. The van der Waals surface area contributed by atoms with Crippen LogP contribution in [0.3, 0.4) is 0 Å². The van der Waals surface area contributed by atoms with Crippen molar-refractivity contribution < 1.29 is 4.79 Å². The van der Waals surface area contributed by atoms with Crippen LogP contribution in [-0.4, -0.2) is 61.5 Å². The van der Waals surface area contributed by atoms with E-state index in [-0.39, 0.29) is 5.91 Å². The number of nitrogens with one attached hydrogen (secondary N) is 1. The molecule has 1 fully saturated rings. The largest absolute Gasteiger partial charge is 0.342 e. The third-order valence-electron chi connectivity index (χ3n) is 4.10. The van der Waals surface area contributed by atoms with Gasteiger partial charge in [-0.1, -0.05) is 6.92 Å². The molecule has 0 bridgehead atoms. The minimum Gasteiger partial charge on any atom is -0.342 e. The van der Waals surface area contributed by atoms with Gasteiger partial charge in [-0.05, 0) is 52.6 Å². The molecule has 1 amide bonds. The van der Waals surface area contributed by atoms with Gasteiger partial charge in [0.2, 0.25) is 5.91 Å². The van der Waals surface area contributed by atoms with Gasteiger partial charge in [0, 0.05) is 25.7 Å². The van der Waals surface area contributed by atoms with Crippen LogP contribution < -0.4 is 5.32 Å². The summed E-state index contributed by atoms with van der Waals surface area (Å²) in [5.74, 6) is 1.02. The molecule has 1 heterocycles. The predicted molar refractivity (Wildman–Crippen MR) is 80.2 cm³/mol. The van der Waals surface area contributed by atoms with E-state index in [2.05, 4.69) is 38.0 Å². The maximum absolute atomic E-state index is 12.0. The van der Waals surface area contributed by atoms with E-state index in [1.807, 2.05) is 4.90 Å². The van der Waals surface area contributed by atoms with Crippen molar-refractivity contribution in [1.82, 2.24) is 15.1 Å². The zero-order valence-corrected chi connectivity index (χ0v) is 13.1. The van der Waals surface area contributed by atoms with Gasteiger partial charge in [0.1, 0.15) is 0 Å². The standard InChI is InChI=1S/C15H31N3O/c1-5-8-16-11-15(19)18-9-6-14(7-10-18)12-17(4)13(2)3/h13-14,16H,5-12H2,1-4H3. The number of hydrogen-bond donors (Lipinski definition) is 1. The number of nitrogens with zero attached hydrogens (tertiary/aromatic N) is 2. The van der Waals surface area contributed by atoms with Gasteiger partial charge in [0.15, 0.2) is 0 Å². The SMILES string of the molecule is CCCNCC(=O)N1CCC(CN(C)C(C)C)CC1. The van der Waals surface area contributed by atoms with Crippen LogP contribution >= 0.6 is 0 Å². The fourth-order valence-electron chi connectivity index (χ4n) is 2.47. The van der Waals surface area contributed by atoms with Crippen molar-refractivity contribution in [3.8, 4) is 0 Å². The minimum absolute atomic E-state index is 0.268. The van der Waals surface area contributed by atoms with Crippen molar-refractivity contribution >= 4 is 5.91 Å². The summed E-state index contributed by atoms with van der Waals surface area (Å²) in [7, 11) is 2.19. The van der Waals surface area contributed by atoms with Crippen molar-refractivity contribution in [1.29, 1.82) is 0 Å². The molecule has 0 aromatic carbocycles. The van der Waals surface area contributed by atoms with E-state index in [1.54, 1.807) is 0 Å². The number of hydrogen-bond acceptors (Lipinski definition) is 3. The van der Waals surface area contributed by atoms with Gasteiger partial charge in [-0.25, -0.2) is 0 Å². The van der Waals surface area contributed by atoms with Crippen LogP contribution in [0.1, 0.15) is 40.0 Å². The van der Waals surface area contributed by atoms with Crippen molar-refractivity contribution in [2.24, 2.45) is 5.92 Å². The highest BCUT2D eigenvalue weighted by atomic mass is 16.2. The molecule has 1 aliphatic heterocycles. The summed E-state index contributed by atoms with van der Waals surface area (Å²) in [4.78, 5) is 16.4. The Labute approximate surface area is 118 Å². The lowest BCUT2D eigenvalue weighted by Gasteiger charge is -2.35. The van der Waals surface area contributed by atoms with E-state index in [0.717, 1.165) is 51.4 Å². The molecule has 0 aromatic heterocycles. The summed E-state index contributed by atoms with van der Waals surface area (Å²) in [6, 6.07) is 0.609. The summed E-state index contributed by atoms with van der Waals surface area (Å²) in [5, 5.41) is 3.19. The summed E-state index contributed by atoms with van der Waals surface area (Å²) >= 11 is 0. The summed E-state index contributed by atoms with van der Waals surface area (Å²) in [5.41, 5.74) is 0. The maximum atomic E-state index is 12.0. The Hall–Kier alpha value is -0.610. The molecule has 0 saturated carbocycles. The third kappa shape index (κ3) is 5.91. The van der Waals surface area contributed by atoms with Gasteiger partial charge in [0.25, 0.3) is 0 Å². The second kappa shape index (κ2) is 8.54. The van der Waals surface area contributed by atoms with Crippen molar-refractivity contribution in [2.45, 2.75) is 46.1 Å². The summed E-state index contributed by atoms with van der Waals surface area (Å²) < 4.78 is 0. The molecule has 0 aliphatic carbocycles. The average Bonchev–Trinajstić information content (AvgIpc) is 2.39. The molecule has 1 N–H and O–H groups in total. The molecule has 1 aliphatic rings. The summed E-state index contributed by atoms with van der Waals surface area (Å²) in [6.45, 7) is 11.1. The predicted octanol–water partition coefficient (Wildman–Crippen LogP) is 1.56. The Bertz CT molecular complexity index is 260. The van der Waals surface area contributed by atoms with E-state index in [0.29, 0.717) is 12.6 Å². The highest BCUT2D eigenvalue weighted by Crippen LogP contribution is 2.18. The molecule has 4 heteroatoms. The highest BCUT2D eigenvalue weighted by molar-refractivity contribution is 5.78. The van der Waals surface area contributed by atoms with Gasteiger partial charge < -0.3 is 15.1 Å². The number of carbonyl (C=O) groups excluding carboxylic acids is 1. The van der Waals surface area contributed by atoms with E-state index in [4.69, 9.17) is 0 Å². The van der Waals surface area contributed by atoms with Crippen LogP contribution in [0.15, 0.2) is 0 Å². The molecule has 1 rings (SSSR count). The van der Waals surface area contributed by atoms with Crippen LogP contribution in [0, 0.1) is 5.92 Å². The number of amides is 1. The lowest BCUT2D eigenvalue weighted by molar-refractivity contribution is -0.131. The molecule has 112 valence electrons. The molecule has 4 nitrogen and oxygen atoms in total. The summed E-state index contributed by atoms with van der Waals surface area (Å²) in [6.07, 6.45) is 3.38. The third-order valence-corrected chi connectivity index (χ3v) is 4.10. The zero-order valence-electron chi connectivity index (χ0n) is 13.1. The minimum atomic E-state index is 0.268. The monoisotopic (exact) mass is 269 g/mol. The van der Waals surface area contributed by atoms with Gasteiger partial charge in [0.05, 0.1) is 6.54 Å². The van der Waals surface area contributed by atoms with E-state index < -0.39 is 0 Å². The van der Waals surface area contributed by atoms with Crippen LogP contribution in [0.25, 0.3) is 0 Å². The van der Waals surface area contributed by atoms with Crippen LogP contribution in [0.4, 0.5) is 0 Å². The zero-order chi connectivity index (χ0) is 14.3. The van der Waals surface area contributed by atoms with Crippen LogP contribution in [-0.2, 0) is 4.79 Å². The van der Waals surface area contributed by atoms with Crippen molar-refractivity contribution in [3.05, 3.63) is 0 Å². The first kappa shape index (κ1) is 16.4. The number of likely N-dealkylation sites (tertiary alicyclic amines) is 1. The number of carbonyl (C=O) groups is 1. The lowest BCUT2D eigenvalue weighted by atomic mass is 9.96. The maximum Gasteiger partial charge on any atom is 0.236 e. The highest BCUT2D eigenvalue weighted by Gasteiger charge is 2.23. The molecule has 0 atom stereocenters. The Kier molecular flexibility index (Phi) is 7.39. The molecule has 0 aromatic rings. The van der Waals surface area contributed by atoms with Gasteiger partial charge >= 0.3 is 0 Å². The Balaban J connectivity index is 2.23. The smallest absolute Gasteiger partial charge is 0.236 e. The fourth-order valence-corrected chi connectivity index (χ4v) is 2.47. The Morgan fingerprint density at radius 3 is 2.53 bits per heavy atom. The molecule has 0 unspecified atom stereocenters. The topological polar surface area (TPSA) is 35.6 Å². The first-order chi connectivity index (χ1) is 9.04. The molecular formula is C15H31N3O. The van der Waals surface area contributed by atoms with Crippen molar-refractivity contribution in [3.63, 3.8) is 0 Å². The van der Waals surface area contributed by atoms with Gasteiger partial charge in [-0.3, -0.25) is 4.79 Å². The normalized spacial score (nSPS) is 17.5. The van der Waals surface area contributed by atoms with E-state index in [1.165, 1.54) is 0 Å². The molecule has 0 spiro atoms. The van der Waals surface area contributed by atoms with E-state index >= 15 is 0 Å². The second-order valence-corrected chi connectivity index (χ2v) is 6.03. The first-order valence-corrected chi connectivity index (χ1v) is 7.73. The van der Waals surface area contributed by atoms with Crippen LogP contribution in [0.2, 0.25) is 0 Å². The van der Waals surface area contributed by atoms with Gasteiger partial charge in [-0.2, -0.15) is 0 Å².